The highest BCUT2D eigenvalue weighted by Gasteiger charge is 2.16. The number of ether oxygens (including phenoxy) is 1. The maximum atomic E-state index is 12.4. The number of carbonyl (C=O) groups excluding carboxylic acids is 2. The Bertz CT molecular complexity index is 1100. The molecule has 0 bridgehead atoms. The number of aromatic nitrogens is 2. The van der Waals surface area contributed by atoms with E-state index >= 15 is 0 Å². The molecule has 25 heavy (non-hydrogen) atoms. The Morgan fingerprint density at radius 1 is 0.960 bits per heavy atom. The van der Waals surface area contributed by atoms with Crippen LogP contribution in [0.15, 0.2) is 66.9 Å². The summed E-state index contributed by atoms with van der Waals surface area (Å²) in [5.74, 6) is -0.870. The minimum Gasteiger partial charge on any atom is -0.453 e. The lowest BCUT2D eigenvalue weighted by Gasteiger charge is -2.04. The first kappa shape index (κ1) is 15.1. The Hall–Kier alpha value is -3.47. The van der Waals surface area contributed by atoms with Crippen LogP contribution in [0.3, 0.4) is 0 Å². The average Bonchev–Trinajstić information content (AvgIpc) is 3.09. The van der Waals surface area contributed by atoms with Gasteiger partial charge in [0.2, 0.25) is 5.78 Å². The van der Waals surface area contributed by atoms with Gasteiger partial charge in [0.15, 0.2) is 6.61 Å². The number of aromatic amines is 1. The first-order valence-corrected chi connectivity index (χ1v) is 7.84. The van der Waals surface area contributed by atoms with Gasteiger partial charge in [0.25, 0.3) is 0 Å². The first-order chi connectivity index (χ1) is 12.2. The van der Waals surface area contributed by atoms with Gasteiger partial charge in [0.1, 0.15) is 5.69 Å². The van der Waals surface area contributed by atoms with Gasteiger partial charge in [-0.2, -0.15) is 0 Å². The van der Waals surface area contributed by atoms with Gasteiger partial charge < -0.3 is 9.72 Å². The molecule has 0 amide bonds. The summed E-state index contributed by atoms with van der Waals surface area (Å²) in [5, 5.41) is 1.75. The van der Waals surface area contributed by atoms with Crippen molar-refractivity contribution in [2.24, 2.45) is 0 Å². The van der Waals surface area contributed by atoms with Crippen molar-refractivity contribution in [1.82, 2.24) is 9.97 Å². The maximum Gasteiger partial charge on any atom is 0.357 e. The van der Waals surface area contributed by atoms with Gasteiger partial charge in [-0.05, 0) is 18.2 Å². The summed E-state index contributed by atoms with van der Waals surface area (Å²) in [6.45, 7) is -0.324. The third kappa shape index (κ3) is 2.87. The van der Waals surface area contributed by atoms with Crippen LogP contribution >= 0.6 is 0 Å². The van der Waals surface area contributed by atoms with Gasteiger partial charge in [-0.1, -0.05) is 42.5 Å². The molecule has 0 radical (unpaired) electrons. The molecule has 5 heteroatoms. The lowest BCUT2D eigenvalue weighted by atomic mass is 10.1. The predicted octanol–water partition coefficient (Wildman–Crippen LogP) is 3.76. The molecule has 0 unspecified atom stereocenters. The van der Waals surface area contributed by atoms with E-state index in [0.29, 0.717) is 11.1 Å². The molecule has 2 aromatic carbocycles. The molecule has 4 rings (SSSR count). The second-order valence-electron chi connectivity index (χ2n) is 5.64. The van der Waals surface area contributed by atoms with Gasteiger partial charge in [-0.25, -0.2) is 9.78 Å². The third-order valence-electron chi connectivity index (χ3n) is 4.03. The second kappa shape index (κ2) is 6.20. The van der Waals surface area contributed by atoms with Crippen molar-refractivity contribution in [1.29, 1.82) is 0 Å². The number of ketones is 1. The van der Waals surface area contributed by atoms with Crippen molar-refractivity contribution in [3.05, 3.63) is 78.1 Å². The molecule has 2 aromatic heterocycles. The van der Waals surface area contributed by atoms with Crippen molar-refractivity contribution in [2.45, 2.75) is 0 Å². The number of carbonyl (C=O) groups is 2. The van der Waals surface area contributed by atoms with E-state index in [1.807, 2.05) is 48.5 Å². The molecule has 122 valence electrons. The normalized spacial score (nSPS) is 10.9. The zero-order valence-corrected chi connectivity index (χ0v) is 13.2. The van der Waals surface area contributed by atoms with Crippen LogP contribution < -0.4 is 0 Å². The molecule has 0 saturated carbocycles. The zero-order valence-electron chi connectivity index (χ0n) is 13.2. The predicted molar refractivity (Wildman–Crippen MR) is 94.7 cm³/mol. The van der Waals surface area contributed by atoms with E-state index in [9.17, 15) is 9.59 Å². The largest absolute Gasteiger partial charge is 0.453 e. The van der Waals surface area contributed by atoms with Crippen LogP contribution in [0.2, 0.25) is 0 Å². The third-order valence-corrected chi connectivity index (χ3v) is 4.03. The summed E-state index contributed by atoms with van der Waals surface area (Å²) in [7, 11) is 0. The average molecular weight is 330 g/mol. The number of pyridine rings is 1. The molecular formula is C20H14N2O3. The SMILES string of the molecule is O=C(OCC(=O)c1c[nH]c2ccccc12)c1ccc2ccccc2n1. The smallest absolute Gasteiger partial charge is 0.357 e. The molecule has 1 N–H and O–H groups in total. The monoisotopic (exact) mass is 330 g/mol. The number of nitrogens with one attached hydrogen (secondary N) is 1. The van der Waals surface area contributed by atoms with Crippen molar-refractivity contribution in [2.75, 3.05) is 6.61 Å². The van der Waals surface area contributed by atoms with Crippen LogP contribution in [0.4, 0.5) is 0 Å². The molecule has 0 saturated heterocycles. The topological polar surface area (TPSA) is 72.1 Å². The minimum atomic E-state index is -0.612. The van der Waals surface area contributed by atoms with Crippen molar-refractivity contribution >= 4 is 33.6 Å². The number of para-hydroxylation sites is 2. The van der Waals surface area contributed by atoms with Gasteiger partial charge in [-0.3, -0.25) is 4.79 Å². The molecule has 0 spiro atoms. The van der Waals surface area contributed by atoms with E-state index in [1.165, 1.54) is 0 Å². The maximum absolute atomic E-state index is 12.4. The summed E-state index contributed by atoms with van der Waals surface area (Å²) >= 11 is 0. The fourth-order valence-electron chi connectivity index (χ4n) is 2.76. The second-order valence-corrected chi connectivity index (χ2v) is 5.64. The molecule has 0 aliphatic rings. The van der Waals surface area contributed by atoms with Crippen LogP contribution in [-0.4, -0.2) is 28.3 Å². The number of benzene rings is 2. The quantitative estimate of drug-likeness (QED) is 0.457. The van der Waals surface area contributed by atoms with Crippen molar-refractivity contribution in [3.63, 3.8) is 0 Å². The lowest BCUT2D eigenvalue weighted by molar-refractivity contribution is 0.0470. The Morgan fingerprint density at radius 2 is 1.76 bits per heavy atom. The highest BCUT2D eigenvalue weighted by Crippen LogP contribution is 2.18. The first-order valence-electron chi connectivity index (χ1n) is 7.84. The molecule has 0 fully saturated rings. The van der Waals surface area contributed by atoms with E-state index in [0.717, 1.165) is 16.3 Å². The number of Topliss-reactive ketones (excluding diaryl/α,β-unsaturated/α-hetero) is 1. The van der Waals surface area contributed by atoms with Gasteiger partial charge in [-0.15, -0.1) is 0 Å². The van der Waals surface area contributed by atoms with E-state index < -0.39 is 5.97 Å². The zero-order chi connectivity index (χ0) is 17.2. The number of fused-ring (bicyclic) bond motifs is 2. The van der Waals surface area contributed by atoms with Crippen LogP contribution in [0.5, 0.6) is 0 Å². The molecule has 0 aliphatic carbocycles. The Kier molecular flexibility index (Phi) is 3.74. The highest BCUT2D eigenvalue weighted by molar-refractivity contribution is 6.09. The number of rotatable bonds is 4. The Morgan fingerprint density at radius 3 is 2.68 bits per heavy atom. The Labute approximate surface area is 143 Å². The van der Waals surface area contributed by atoms with E-state index in [1.54, 1.807) is 18.3 Å². The molecule has 0 atom stereocenters. The number of hydrogen-bond acceptors (Lipinski definition) is 4. The number of nitrogens with zero attached hydrogens (tertiary/aromatic N) is 1. The fourth-order valence-corrected chi connectivity index (χ4v) is 2.76. The van der Waals surface area contributed by atoms with E-state index in [4.69, 9.17) is 4.74 Å². The van der Waals surface area contributed by atoms with Crippen LogP contribution in [0.1, 0.15) is 20.8 Å². The number of hydrogen-bond donors (Lipinski definition) is 1. The molecule has 5 nitrogen and oxygen atoms in total. The Balaban J connectivity index is 1.50. The van der Waals surface area contributed by atoms with E-state index in [2.05, 4.69) is 9.97 Å². The summed E-state index contributed by atoms with van der Waals surface area (Å²) in [5.41, 5.74) is 2.27. The standard InChI is InChI=1S/C20H14N2O3/c23-19(15-11-21-17-8-4-2-6-14(15)17)12-25-20(24)18-10-9-13-5-1-3-7-16(13)22-18/h1-11,21H,12H2. The summed E-state index contributed by atoms with van der Waals surface area (Å²) < 4.78 is 5.15. The summed E-state index contributed by atoms with van der Waals surface area (Å²) in [6.07, 6.45) is 1.63. The van der Waals surface area contributed by atoms with Crippen molar-refractivity contribution in [3.8, 4) is 0 Å². The van der Waals surface area contributed by atoms with Gasteiger partial charge in [0.05, 0.1) is 5.52 Å². The lowest BCUT2D eigenvalue weighted by Crippen LogP contribution is -2.15. The molecule has 0 aliphatic heterocycles. The minimum absolute atomic E-state index is 0.186. The van der Waals surface area contributed by atoms with Gasteiger partial charge >= 0.3 is 5.97 Å². The summed E-state index contributed by atoms with van der Waals surface area (Å²) in [6, 6.07) is 18.4. The fraction of sp³-hybridized carbons (Fsp3) is 0.0500. The van der Waals surface area contributed by atoms with Crippen LogP contribution in [-0.2, 0) is 4.74 Å². The highest BCUT2D eigenvalue weighted by atomic mass is 16.5. The molecular weight excluding hydrogens is 316 g/mol. The van der Waals surface area contributed by atoms with Crippen molar-refractivity contribution < 1.29 is 14.3 Å². The van der Waals surface area contributed by atoms with Gasteiger partial charge in [0, 0.05) is 28.0 Å². The molecule has 2 heterocycles. The number of H-pyrrole nitrogens is 1. The summed E-state index contributed by atoms with van der Waals surface area (Å²) in [4.78, 5) is 31.8. The number of esters is 1. The van der Waals surface area contributed by atoms with Crippen LogP contribution in [0, 0.1) is 0 Å². The van der Waals surface area contributed by atoms with E-state index in [-0.39, 0.29) is 18.1 Å². The molecule has 4 aromatic rings. The van der Waals surface area contributed by atoms with Crippen LogP contribution in [0.25, 0.3) is 21.8 Å².